The van der Waals surface area contributed by atoms with Crippen LogP contribution in [0.5, 0.6) is 0 Å². The number of nitrogens with zero attached hydrogens (tertiary/aromatic N) is 2. The molecule has 0 bridgehead atoms. The van der Waals surface area contributed by atoms with Gasteiger partial charge in [-0.25, -0.2) is 4.98 Å². The molecule has 1 heterocycles. The van der Waals surface area contributed by atoms with E-state index in [1.165, 1.54) is 0 Å². The molecule has 1 saturated carbocycles. The fourth-order valence-corrected chi connectivity index (χ4v) is 3.11. The van der Waals surface area contributed by atoms with Crippen LogP contribution < -0.4 is 11.3 Å². The lowest BCUT2D eigenvalue weighted by atomic mass is 10.1. The molecule has 1 aromatic carbocycles. The Hall–Kier alpha value is -1.68. The van der Waals surface area contributed by atoms with Crippen molar-refractivity contribution in [1.82, 2.24) is 9.55 Å². The maximum absolute atomic E-state index is 12.6. The van der Waals surface area contributed by atoms with Crippen LogP contribution in [0.25, 0.3) is 10.9 Å². The molecule has 2 aromatic rings. The number of nitrogens with two attached hydrogens (primary N) is 1. The van der Waals surface area contributed by atoms with Gasteiger partial charge in [-0.2, -0.15) is 0 Å². The maximum atomic E-state index is 12.6. The highest BCUT2D eigenvalue weighted by atomic mass is 16.1. The summed E-state index contributed by atoms with van der Waals surface area (Å²) in [5.74, 6) is 0. The van der Waals surface area contributed by atoms with Gasteiger partial charge < -0.3 is 5.73 Å². The second-order valence-corrected chi connectivity index (χ2v) is 5.66. The van der Waals surface area contributed by atoms with E-state index in [4.69, 9.17) is 5.73 Å². The molecule has 19 heavy (non-hydrogen) atoms. The van der Waals surface area contributed by atoms with Crippen molar-refractivity contribution in [3.63, 3.8) is 0 Å². The highest BCUT2D eigenvalue weighted by Gasteiger charge is 2.24. The normalized spacial score (nSPS) is 23.1. The van der Waals surface area contributed by atoms with Crippen molar-refractivity contribution in [2.45, 2.75) is 45.2 Å². The van der Waals surface area contributed by atoms with Gasteiger partial charge in [-0.3, -0.25) is 9.36 Å². The Balaban J connectivity index is 2.18. The van der Waals surface area contributed by atoms with Crippen LogP contribution in [-0.2, 0) is 0 Å². The third kappa shape index (κ3) is 2.06. The van der Waals surface area contributed by atoms with Crippen LogP contribution in [0.1, 0.15) is 36.4 Å². The van der Waals surface area contributed by atoms with E-state index in [0.29, 0.717) is 0 Å². The molecule has 2 atom stereocenters. The second kappa shape index (κ2) is 4.46. The van der Waals surface area contributed by atoms with E-state index in [-0.39, 0.29) is 17.6 Å². The zero-order chi connectivity index (χ0) is 13.6. The van der Waals surface area contributed by atoms with Gasteiger partial charge in [0.1, 0.15) is 0 Å². The van der Waals surface area contributed by atoms with Crippen molar-refractivity contribution < 1.29 is 0 Å². The summed E-state index contributed by atoms with van der Waals surface area (Å²) in [7, 11) is 0. The van der Waals surface area contributed by atoms with Crippen molar-refractivity contribution in [2.24, 2.45) is 5.73 Å². The van der Waals surface area contributed by atoms with Crippen LogP contribution in [0.15, 0.2) is 23.3 Å². The van der Waals surface area contributed by atoms with Crippen LogP contribution in [-0.4, -0.2) is 15.6 Å². The minimum Gasteiger partial charge on any atom is -0.328 e. The topological polar surface area (TPSA) is 60.9 Å². The molecule has 0 unspecified atom stereocenters. The fraction of sp³-hybridized carbons (Fsp3) is 0.467. The van der Waals surface area contributed by atoms with Gasteiger partial charge in [-0.15, -0.1) is 0 Å². The van der Waals surface area contributed by atoms with Crippen LogP contribution in [0.2, 0.25) is 0 Å². The number of hydrogen-bond donors (Lipinski definition) is 1. The Morgan fingerprint density at radius 3 is 2.79 bits per heavy atom. The Kier molecular flexibility index (Phi) is 2.90. The summed E-state index contributed by atoms with van der Waals surface area (Å²) in [6.45, 7) is 4.01. The number of fused-ring (bicyclic) bond motifs is 1. The lowest BCUT2D eigenvalue weighted by Gasteiger charge is -2.14. The summed E-state index contributed by atoms with van der Waals surface area (Å²) in [4.78, 5) is 17.1. The molecular weight excluding hydrogens is 238 g/mol. The van der Waals surface area contributed by atoms with Gasteiger partial charge in [0.05, 0.1) is 17.2 Å². The standard InChI is InChI=1S/C15H19N3O/c1-9-5-10(2)14-13(6-9)15(19)18(8-17-14)12-4-3-11(16)7-12/h5-6,8,11-12H,3-4,7,16H2,1-2H3/t11-,12-/m1/s1. The molecule has 0 spiro atoms. The van der Waals surface area contributed by atoms with E-state index in [1.807, 2.05) is 19.9 Å². The first-order chi connectivity index (χ1) is 9.06. The second-order valence-electron chi connectivity index (χ2n) is 5.66. The van der Waals surface area contributed by atoms with Gasteiger partial charge >= 0.3 is 0 Å². The first-order valence-electron chi connectivity index (χ1n) is 6.80. The maximum Gasteiger partial charge on any atom is 0.261 e. The summed E-state index contributed by atoms with van der Waals surface area (Å²) < 4.78 is 1.77. The smallest absolute Gasteiger partial charge is 0.261 e. The Labute approximate surface area is 112 Å². The molecule has 0 radical (unpaired) electrons. The third-order valence-corrected chi connectivity index (χ3v) is 4.06. The fourth-order valence-electron chi connectivity index (χ4n) is 3.11. The molecule has 0 amide bonds. The van der Waals surface area contributed by atoms with Gasteiger partial charge in [-0.1, -0.05) is 6.07 Å². The zero-order valence-electron chi connectivity index (χ0n) is 11.4. The van der Waals surface area contributed by atoms with Crippen molar-refractivity contribution in [1.29, 1.82) is 0 Å². The molecule has 1 aliphatic carbocycles. The van der Waals surface area contributed by atoms with Gasteiger partial charge in [0.25, 0.3) is 5.56 Å². The molecule has 0 saturated heterocycles. The number of aryl methyl sites for hydroxylation is 2. The van der Waals surface area contributed by atoms with E-state index in [0.717, 1.165) is 41.3 Å². The largest absolute Gasteiger partial charge is 0.328 e. The first kappa shape index (κ1) is 12.4. The molecule has 4 heteroatoms. The quantitative estimate of drug-likeness (QED) is 0.850. The highest BCUT2D eigenvalue weighted by molar-refractivity contribution is 5.81. The lowest BCUT2D eigenvalue weighted by Crippen LogP contribution is -2.25. The molecule has 100 valence electrons. The highest BCUT2D eigenvalue weighted by Crippen LogP contribution is 2.28. The summed E-state index contributed by atoms with van der Waals surface area (Å²) in [5, 5.41) is 0.723. The molecule has 1 fully saturated rings. The number of hydrogen-bond acceptors (Lipinski definition) is 3. The van der Waals surface area contributed by atoms with Crippen LogP contribution >= 0.6 is 0 Å². The molecule has 4 nitrogen and oxygen atoms in total. The molecule has 1 aliphatic rings. The molecular formula is C15H19N3O. The number of rotatable bonds is 1. The third-order valence-electron chi connectivity index (χ3n) is 4.06. The van der Waals surface area contributed by atoms with Crippen LogP contribution in [0.4, 0.5) is 0 Å². The van der Waals surface area contributed by atoms with Gasteiger partial charge in [0, 0.05) is 12.1 Å². The van der Waals surface area contributed by atoms with Gasteiger partial charge in [-0.05, 0) is 50.3 Å². The number of aromatic nitrogens is 2. The predicted octanol–water partition coefficient (Wildman–Crippen LogP) is 2.07. The summed E-state index contributed by atoms with van der Waals surface area (Å²) >= 11 is 0. The van der Waals surface area contributed by atoms with E-state index >= 15 is 0 Å². The Bertz CT molecular complexity index is 690. The van der Waals surface area contributed by atoms with Crippen molar-refractivity contribution in [3.8, 4) is 0 Å². The van der Waals surface area contributed by atoms with E-state index in [1.54, 1.807) is 10.9 Å². The Morgan fingerprint density at radius 1 is 1.32 bits per heavy atom. The lowest BCUT2D eigenvalue weighted by molar-refractivity contribution is 0.491. The average molecular weight is 257 g/mol. The Morgan fingerprint density at radius 2 is 2.11 bits per heavy atom. The summed E-state index contributed by atoms with van der Waals surface area (Å²) in [6.07, 6.45) is 4.52. The molecule has 3 rings (SSSR count). The van der Waals surface area contributed by atoms with Crippen molar-refractivity contribution >= 4 is 10.9 Å². The van der Waals surface area contributed by atoms with E-state index in [2.05, 4.69) is 11.1 Å². The minimum atomic E-state index is 0.0656. The molecule has 1 aromatic heterocycles. The summed E-state index contributed by atoms with van der Waals surface area (Å²) in [6, 6.07) is 4.42. The molecule has 0 aliphatic heterocycles. The predicted molar refractivity (Wildman–Crippen MR) is 76.3 cm³/mol. The average Bonchev–Trinajstić information content (AvgIpc) is 2.77. The summed E-state index contributed by atoms with van der Waals surface area (Å²) in [5.41, 5.74) is 8.98. The number of benzene rings is 1. The monoisotopic (exact) mass is 257 g/mol. The van der Waals surface area contributed by atoms with Crippen LogP contribution in [0, 0.1) is 13.8 Å². The van der Waals surface area contributed by atoms with Gasteiger partial charge in [0.15, 0.2) is 0 Å². The SMILES string of the molecule is Cc1cc(C)c2ncn([C@@H]3CC[C@@H](N)C3)c(=O)c2c1. The zero-order valence-corrected chi connectivity index (χ0v) is 11.4. The molecule has 2 N–H and O–H groups in total. The van der Waals surface area contributed by atoms with E-state index < -0.39 is 0 Å². The van der Waals surface area contributed by atoms with Crippen LogP contribution in [0.3, 0.4) is 0 Å². The minimum absolute atomic E-state index is 0.0656. The first-order valence-corrected chi connectivity index (χ1v) is 6.80. The van der Waals surface area contributed by atoms with Crippen molar-refractivity contribution in [3.05, 3.63) is 39.9 Å². The van der Waals surface area contributed by atoms with Crippen molar-refractivity contribution in [2.75, 3.05) is 0 Å². The van der Waals surface area contributed by atoms with Gasteiger partial charge in [0.2, 0.25) is 0 Å². The van der Waals surface area contributed by atoms with E-state index in [9.17, 15) is 4.79 Å².